The van der Waals surface area contributed by atoms with Crippen molar-refractivity contribution in [1.29, 1.82) is 0 Å². The zero-order valence-electron chi connectivity index (χ0n) is 15.8. The number of hydrogen-bond donors (Lipinski definition) is 0. The summed E-state index contributed by atoms with van der Waals surface area (Å²) in [6.45, 7) is 4.70. The van der Waals surface area contributed by atoms with Crippen molar-refractivity contribution in [1.82, 2.24) is 0 Å². The Morgan fingerprint density at radius 3 is 2.38 bits per heavy atom. The van der Waals surface area contributed by atoms with Crippen LogP contribution in [0.5, 0.6) is 0 Å². The molecule has 2 aromatic carbocycles. The normalized spacial score (nSPS) is 15.2. The summed E-state index contributed by atoms with van der Waals surface area (Å²) in [5, 5.41) is 0. The van der Waals surface area contributed by atoms with E-state index in [-0.39, 0.29) is 24.8 Å². The van der Waals surface area contributed by atoms with Crippen molar-refractivity contribution >= 4 is 35.1 Å². The number of benzene rings is 2. The van der Waals surface area contributed by atoms with Gasteiger partial charge in [-0.15, -0.1) is 24.8 Å². The molecule has 26 heavy (non-hydrogen) atoms. The third-order valence-electron chi connectivity index (χ3n) is 6.09. The van der Waals surface area contributed by atoms with E-state index >= 15 is 0 Å². The molecule has 138 valence electrons. The van der Waals surface area contributed by atoms with E-state index in [1.54, 1.807) is 14.5 Å². The summed E-state index contributed by atoms with van der Waals surface area (Å²) < 4.78 is 8.86. The van der Waals surface area contributed by atoms with Crippen molar-refractivity contribution in [3.63, 3.8) is 0 Å². The van der Waals surface area contributed by atoms with Crippen molar-refractivity contribution in [2.24, 2.45) is 0 Å². The van der Waals surface area contributed by atoms with Crippen LogP contribution in [0.25, 0.3) is 11.1 Å². The Labute approximate surface area is 172 Å². The molecule has 2 aliphatic carbocycles. The number of fused-ring (bicyclic) bond motifs is 3. The Kier molecular flexibility index (Phi) is 6.35. The molecule has 0 heterocycles. The minimum Gasteiger partial charge on any atom is -0.147 e. The molecule has 0 radical (unpaired) electrons. The van der Waals surface area contributed by atoms with Crippen molar-refractivity contribution < 1.29 is 17.1 Å². The summed E-state index contributed by atoms with van der Waals surface area (Å²) in [7, 11) is 0. The van der Waals surface area contributed by atoms with Gasteiger partial charge in [-0.25, -0.2) is 0 Å². The molecule has 0 atom stereocenters. The van der Waals surface area contributed by atoms with Crippen molar-refractivity contribution in [3.8, 4) is 11.1 Å². The van der Waals surface area contributed by atoms with Crippen LogP contribution in [0, 0.1) is 0 Å². The maximum Gasteiger partial charge on any atom is -0.147 e. The van der Waals surface area contributed by atoms with E-state index in [1.807, 2.05) is 3.33 Å². The van der Waals surface area contributed by atoms with Crippen LogP contribution in [0.15, 0.2) is 63.5 Å². The second-order valence-electron chi connectivity index (χ2n) is 8.32. The first kappa shape index (κ1) is 21.9. The fourth-order valence-corrected chi connectivity index (χ4v) is 25.7. The van der Waals surface area contributed by atoms with Gasteiger partial charge < -0.3 is 0 Å². The molecule has 4 rings (SSSR count). The van der Waals surface area contributed by atoms with Crippen molar-refractivity contribution in [2.75, 3.05) is 0 Å². The molecule has 0 spiro atoms. The van der Waals surface area contributed by atoms with Gasteiger partial charge in [-0.05, 0) is 0 Å². The summed E-state index contributed by atoms with van der Waals surface area (Å²) in [6, 6.07) is 16.1. The molecule has 0 nitrogen and oxygen atoms in total. The summed E-state index contributed by atoms with van der Waals surface area (Å²) in [5.41, 5.74) is 7.71. The monoisotopic (exact) mass is 570 g/mol. The fraction of sp³-hybridized carbons (Fsp3) is 0.273. The first-order valence-corrected chi connectivity index (χ1v) is 28.2. The van der Waals surface area contributed by atoms with Crippen LogP contribution >= 0.6 is 24.8 Å². The van der Waals surface area contributed by atoms with Crippen LogP contribution in [0.1, 0.15) is 30.9 Å². The SMILES string of the molecule is CCC1=[C]([Hf]([CH3])([CH3])(=[SiH2])[c]2cccc3c2Cc2ccccc2-3)CC=C1.Cl.Cl. The van der Waals surface area contributed by atoms with E-state index in [2.05, 4.69) is 77.8 Å². The van der Waals surface area contributed by atoms with Gasteiger partial charge >= 0.3 is 149 Å². The average Bonchev–Trinajstić information content (AvgIpc) is 3.19. The molecule has 0 unspecified atom stereocenters. The Bertz CT molecular complexity index is 979. The maximum atomic E-state index is 2.66. The van der Waals surface area contributed by atoms with E-state index in [0.29, 0.717) is 0 Å². The van der Waals surface area contributed by atoms with Crippen LogP contribution < -0.4 is 3.32 Å². The number of halogens is 2. The number of hydrogen-bond acceptors (Lipinski definition) is 0. The molecule has 0 saturated carbocycles. The minimum absolute atomic E-state index is 0. The van der Waals surface area contributed by atoms with Crippen LogP contribution in [-0.2, 0) is 23.5 Å². The largest absolute Gasteiger partial charge is 0.147 e. The molecular weight excluding hydrogens is 542 g/mol. The Hall–Kier alpha value is -0.413. The third-order valence-corrected chi connectivity index (χ3v) is 29.4. The van der Waals surface area contributed by atoms with E-state index in [0.717, 1.165) is 6.42 Å². The zero-order valence-corrected chi connectivity index (χ0v) is 22.5. The molecule has 2 aromatic rings. The Morgan fingerprint density at radius 2 is 1.65 bits per heavy atom. The van der Waals surface area contributed by atoms with Crippen LogP contribution in [0.3, 0.4) is 0 Å². The standard InChI is InChI=1S/C13H9.C7H9.2CH3.2ClH.Hf.H2Si/c1-3-7-12-10(5-1)9-11-6-2-4-8-13(11)12;1-2-7-5-3-4-6-7;;;;;;/h1-5,7-8H,9H2;3,5H,2,4H2,1H3;2*1H3;2*1H;;1H2. The summed E-state index contributed by atoms with van der Waals surface area (Å²) in [6.07, 6.45) is 8.27. The van der Waals surface area contributed by atoms with Gasteiger partial charge in [0.05, 0.1) is 0 Å². The van der Waals surface area contributed by atoms with Gasteiger partial charge in [-0.3, -0.25) is 0 Å². The first-order chi connectivity index (χ1) is 11.4. The van der Waals surface area contributed by atoms with E-state index < -0.39 is 17.1 Å². The molecule has 0 amide bonds. The molecule has 4 heteroatoms. The van der Waals surface area contributed by atoms with Gasteiger partial charge in [0.1, 0.15) is 0 Å². The van der Waals surface area contributed by atoms with Gasteiger partial charge in [0.25, 0.3) is 0 Å². The number of allylic oxidation sites excluding steroid dienone is 4. The van der Waals surface area contributed by atoms with Gasteiger partial charge in [-0.2, -0.15) is 0 Å². The van der Waals surface area contributed by atoms with Gasteiger partial charge in [-0.1, -0.05) is 0 Å². The predicted molar refractivity (Wildman–Crippen MR) is 120 cm³/mol. The first-order valence-electron chi connectivity index (χ1n) is 9.08. The van der Waals surface area contributed by atoms with E-state index in [1.165, 1.54) is 29.5 Å². The predicted octanol–water partition coefficient (Wildman–Crippen LogP) is 5.68. The second-order valence-corrected chi connectivity index (χ2v) is 49.1. The smallest absolute Gasteiger partial charge is 0.147 e. The fourth-order valence-electron chi connectivity index (χ4n) is 4.80. The molecule has 2 aliphatic rings. The van der Waals surface area contributed by atoms with E-state index in [9.17, 15) is 0 Å². The Balaban J connectivity index is 0.00000121. The minimum atomic E-state index is -3.26. The molecule has 0 aromatic heterocycles. The van der Waals surface area contributed by atoms with Crippen molar-refractivity contribution in [2.45, 2.75) is 35.5 Å². The van der Waals surface area contributed by atoms with Crippen LogP contribution in [-0.4, -0.2) is 6.94 Å². The topological polar surface area (TPSA) is 0 Å². The molecule has 0 bridgehead atoms. The molecular formula is C22H28Cl2HfSi. The average molecular weight is 570 g/mol. The number of rotatable bonds is 3. The third kappa shape index (κ3) is 3.28. The maximum absolute atomic E-state index is 3.26. The zero-order chi connectivity index (χ0) is 17.0. The molecule has 0 saturated heterocycles. The summed E-state index contributed by atoms with van der Waals surface area (Å²) >= 11 is -3.26. The van der Waals surface area contributed by atoms with E-state index in [4.69, 9.17) is 0 Å². The van der Waals surface area contributed by atoms with Crippen LogP contribution in [0.4, 0.5) is 0 Å². The molecule has 0 N–H and O–H groups in total. The van der Waals surface area contributed by atoms with Crippen molar-refractivity contribution in [3.05, 3.63) is 74.6 Å². The van der Waals surface area contributed by atoms with Gasteiger partial charge in [0, 0.05) is 0 Å². The van der Waals surface area contributed by atoms with Gasteiger partial charge in [0.15, 0.2) is 0 Å². The van der Waals surface area contributed by atoms with Gasteiger partial charge in [0.2, 0.25) is 0 Å². The molecule has 0 fully saturated rings. The second kappa shape index (κ2) is 7.54. The Morgan fingerprint density at radius 1 is 0.962 bits per heavy atom. The molecule has 0 aliphatic heterocycles. The summed E-state index contributed by atoms with van der Waals surface area (Å²) in [5.74, 6) is 0. The van der Waals surface area contributed by atoms with Crippen LogP contribution in [0.2, 0.25) is 9.36 Å². The summed E-state index contributed by atoms with van der Waals surface area (Å²) in [4.78, 5) is 0. The quantitative estimate of drug-likeness (QED) is 0.356.